The normalized spacial score (nSPS) is 16.4. The van der Waals surface area contributed by atoms with Crippen molar-refractivity contribution in [2.45, 2.75) is 32.1 Å². The molecule has 0 bridgehead atoms. The van der Waals surface area contributed by atoms with Crippen molar-refractivity contribution in [1.82, 2.24) is 14.9 Å². The van der Waals surface area contributed by atoms with Gasteiger partial charge in [-0.15, -0.1) is 0 Å². The van der Waals surface area contributed by atoms with E-state index in [0.717, 1.165) is 17.4 Å². The molecule has 1 N–H and O–H groups in total. The van der Waals surface area contributed by atoms with Gasteiger partial charge in [0.05, 0.1) is 0 Å². The molecule has 0 aliphatic heterocycles. The summed E-state index contributed by atoms with van der Waals surface area (Å²) in [6, 6.07) is 2.82. The van der Waals surface area contributed by atoms with Crippen molar-refractivity contribution in [3.05, 3.63) is 28.9 Å². The predicted molar refractivity (Wildman–Crippen MR) is 73.6 cm³/mol. The second kappa shape index (κ2) is 5.48. The number of hydrogen-bond acceptors (Lipinski definition) is 4. The molecule has 2 aromatic heterocycles. The van der Waals surface area contributed by atoms with Gasteiger partial charge in [-0.3, -0.25) is 0 Å². The third kappa shape index (κ3) is 2.45. The molecule has 20 heavy (non-hydrogen) atoms. The highest BCUT2D eigenvalue weighted by Crippen LogP contribution is 2.22. The van der Waals surface area contributed by atoms with Crippen molar-refractivity contribution in [3.63, 3.8) is 0 Å². The quantitative estimate of drug-likeness (QED) is 0.910. The molecule has 0 aromatic carbocycles. The Hall–Kier alpha value is -2.11. The Labute approximate surface area is 115 Å². The van der Waals surface area contributed by atoms with Gasteiger partial charge in [0.1, 0.15) is 0 Å². The summed E-state index contributed by atoms with van der Waals surface area (Å²) >= 11 is 0. The van der Waals surface area contributed by atoms with Crippen molar-refractivity contribution in [2.24, 2.45) is 5.92 Å². The van der Waals surface area contributed by atoms with Crippen LogP contribution in [-0.2, 0) is 0 Å². The molecule has 2 aromatic rings. The lowest BCUT2D eigenvalue weighted by atomic mass is 9.89. The fraction of sp³-hybridized carbons (Fsp3) is 0.500. The average Bonchev–Trinajstić information content (AvgIpc) is 2.82. The number of pyridine rings is 1. The topological polar surface area (TPSA) is 77.1 Å². The molecular weight excluding hydrogens is 258 g/mol. The lowest BCUT2D eigenvalue weighted by Crippen LogP contribution is -2.37. The van der Waals surface area contributed by atoms with E-state index in [1.165, 1.54) is 25.5 Å². The van der Waals surface area contributed by atoms with Gasteiger partial charge in [0.2, 0.25) is 0 Å². The van der Waals surface area contributed by atoms with Gasteiger partial charge in [0.25, 0.3) is 0 Å². The summed E-state index contributed by atoms with van der Waals surface area (Å²) in [5, 5.41) is 2.81. The van der Waals surface area contributed by atoms with Crippen LogP contribution in [0.15, 0.2) is 27.5 Å². The maximum atomic E-state index is 12.1. The number of nitrogens with zero attached hydrogens (tertiary/aromatic N) is 2. The van der Waals surface area contributed by atoms with E-state index in [4.69, 9.17) is 4.42 Å². The zero-order valence-electron chi connectivity index (χ0n) is 11.2. The molecule has 1 aliphatic rings. The van der Waals surface area contributed by atoms with E-state index in [1.54, 1.807) is 12.1 Å². The highest BCUT2D eigenvalue weighted by molar-refractivity contribution is 5.85. The Kier molecular flexibility index (Phi) is 3.54. The van der Waals surface area contributed by atoms with Crippen LogP contribution in [0.1, 0.15) is 32.1 Å². The fourth-order valence-corrected chi connectivity index (χ4v) is 2.74. The van der Waals surface area contributed by atoms with Crippen LogP contribution in [0.3, 0.4) is 0 Å². The van der Waals surface area contributed by atoms with Gasteiger partial charge in [-0.1, -0.05) is 19.3 Å². The average molecular weight is 275 g/mol. The number of aromatic nitrogens is 2. The fourth-order valence-electron chi connectivity index (χ4n) is 2.74. The van der Waals surface area contributed by atoms with Crippen LogP contribution in [0.2, 0.25) is 0 Å². The summed E-state index contributed by atoms with van der Waals surface area (Å²) in [4.78, 5) is 27.9. The molecule has 0 radical (unpaired) electrons. The van der Waals surface area contributed by atoms with Crippen molar-refractivity contribution in [2.75, 3.05) is 6.54 Å². The first-order valence-corrected chi connectivity index (χ1v) is 7.00. The maximum absolute atomic E-state index is 12.1. The molecule has 3 rings (SSSR count). The highest BCUT2D eigenvalue weighted by atomic mass is 16.4. The lowest BCUT2D eigenvalue weighted by Gasteiger charge is -2.21. The largest absolute Gasteiger partial charge is 0.429 e. The Balaban J connectivity index is 1.75. The summed E-state index contributed by atoms with van der Waals surface area (Å²) in [7, 11) is 0. The smallest absolute Gasteiger partial charge is 0.406 e. The van der Waals surface area contributed by atoms with Gasteiger partial charge in [-0.25, -0.2) is 14.6 Å². The number of amides is 1. The van der Waals surface area contributed by atoms with Crippen molar-refractivity contribution < 1.29 is 9.21 Å². The van der Waals surface area contributed by atoms with E-state index < -0.39 is 11.8 Å². The number of oxazole rings is 1. The molecule has 0 saturated heterocycles. The van der Waals surface area contributed by atoms with Crippen molar-refractivity contribution in [3.8, 4) is 0 Å². The molecule has 106 valence electrons. The monoisotopic (exact) mass is 275 g/mol. The minimum atomic E-state index is -0.695. The second-order valence-corrected chi connectivity index (χ2v) is 5.22. The summed E-state index contributed by atoms with van der Waals surface area (Å²) in [6.07, 6.45) is 7.52. The van der Waals surface area contributed by atoms with E-state index >= 15 is 0 Å². The third-order valence-electron chi connectivity index (χ3n) is 3.81. The standard InChI is InChI=1S/C14H17N3O3/c18-13(16-9-10-5-2-1-3-6-10)17-12-11(20-14(17)19)7-4-8-15-12/h4,7-8,10H,1-3,5-6,9H2,(H,16,18). The van der Waals surface area contributed by atoms with E-state index in [9.17, 15) is 9.59 Å². The summed E-state index contributed by atoms with van der Waals surface area (Å²) in [6.45, 7) is 0.602. The molecule has 1 aliphatic carbocycles. The number of carbonyl (C=O) groups is 1. The van der Waals surface area contributed by atoms with Crippen molar-refractivity contribution in [1.29, 1.82) is 0 Å². The van der Waals surface area contributed by atoms with Crippen LogP contribution >= 0.6 is 0 Å². The van der Waals surface area contributed by atoms with E-state index in [0.29, 0.717) is 18.0 Å². The number of fused-ring (bicyclic) bond motifs is 1. The molecule has 0 unspecified atom stereocenters. The Morgan fingerprint density at radius 2 is 2.20 bits per heavy atom. The Morgan fingerprint density at radius 3 is 3.00 bits per heavy atom. The number of carbonyl (C=O) groups excluding carboxylic acids is 1. The van der Waals surface area contributed by atoms with E-state index in [2.05, 4.69) is 10.3 Å². The van der Waals surface area contributed by atoms with Crippen molar-refractivity contribution >= 4 is 17.3 Å². The summed E-state index contributed by atoms with van der Waals surface area (Å²) in [5.74, 6) is -0.186. The van der Waals surface area contributed by atoms with Crippen LogP contribution in [0.5, 0.6) is 0 Å². The summed E-state index contributed by atoms with van der Waals surface area (Å²) < 4.78 is 5.95. The molecule has 6 heteroatoms. The van der Waals surface area contributed by atoms with Gasteiger partial charge < -0.3 is 9.73 Å². The molecule has 0 atom stereocenters. The number of rotatable bonds is 2. The molecule has 2 heterocycles. The van der Waals surface area contributed by atoms with Gasteiger partial charge in [-0.2, -0.15) is 4.57 Å². The van der Waals surface area contributed by atoms with Gasteiger partial charge >= 0.3 is 11.8 Å². The zero-order chi connectivity index (χ0) is 13.9. The Morgan fingerprint density at radius 1 is 1.40 bits per heavy atom. The van der Waals surface area contributed by atoms with Gasteiger partial charge in [-0.05, 0) is 30.9 Å². The second-order valence-electron chi connectivity index (χ2n) is 5.22. The van der Waals surface area contributed by atoms with Crippen LogP contribution in [-0.4, -0.2) is 22.1 Å². The number of hydrogen-bond donors (Lipinski definition) is 1. The van der Waals surface area contributed by atoms with Crippen LogP contribution in [0, 0.1) is 5.92 Å². The van der Waals surface area contributed by atoms with E-state index in [-0.39, 0.29) is 5.65 Å². The predicted octanol–water partition coefficient (Wildman–Crippen LogP) is 2.13. The minimum absolute atomic E-state index is 0.263. The zero-order valence-corrected chi connectivity index (χ0v) is 11.2. The van der Waals surface area contributed by atoms with Crippen LogP contribution in [0.25, 0.3) is 11.2 Å². The number of nitrogens with one attached hydrogen (secondary N) is 1. The highest BCUT2D eigenvalue weighted by Gasteiger charge is 2.19. The van der Waals surface area contributed by atoms with Crippen LogP contribution < -0.4 is 11.1 Å². The molecule has 1 amide bonds. The molecule has 1 saturated carbocycles. The molecule has 0 spiro atoms. The van der Waals surface area contributed by atoms with Gasteiger partial charge in [0.15, 0.2) is 11.2 Å². The first-order valence-electron chi connectivity index (χ1n) is 7.00. The Bertz CT molecular complexity index is 668. The third-order valence-corrected chi connectivity index (χ3v) is 3.81. The van der Waals surface area contributed by atoms with Crippen LogP contribution in [0.4, 0.5) is 4.79 Å². The molecular formula is C14H17N3O3. The van der Waals surface area contributed by atoms with E-state index in [1.807, 2.05) is 0 Å². The summed E-state index contributed by atoms with van der Waals surface area (Å²) in [5.41, 5.74) is 0.587. The van der Waals surface area contributed by atoms with Gasteiger partial charge in [0, 0.05) is 12.7 Å². The molecule has 1 fully saturated rings. The first-order chi connectivity index (χ1) is 9.75. The molecule has 6 nitrogen and oxygen atoms in total. The SMILES string of the molecule is O=C(NCC1CCCCC1)n1c(=O)oc2cccnc21. The minimum Gasteiger partial charge on any atom is -0.406 e. The first kappa shape index (κ1) is 12.9. The lowest BCUT2D eigenvalue weighted by molar-refractivity contribution is 0.236. The maximum Gasteiger partial charge on any atom is 0.429 e.